The van der Waals surface area contributed by atoms with Gasteiger partial charge in [0.25, 0.3) is 5.91 Å². The molecule has 0 aliphatic carbocycles. The van der Waals surface area contributed by atoms with Gasteiger partial charge in [-0.1, -0.05) is 30.3 Å². The first-order valence-electron chi connectivity index (χ1n) is 8.32. The summed E-state index contributed by atoms with van der Waals surface area (Å²) in [7, 11) is 0. The number of thiazole rings is 1. The number of carbonyl (C=O) groups excluding carboxylic acids is 2. The van der Waals surface area contributed by atoms with E-state index in [0.29, 0.717) is 10.7 Å². The molecule has 27 heavy (non-hydrogen) atoms. The summed E-state index contributed by atoms with van der Waals surface area (Å²) in [6, 6.07) is 15.2. The van der Waals surface area contributed by atoms with Crippen molar-refractivity contribution in [3.05, 3.63) is 68.6 Å². The minimum Gasteiger partial charge on any atom is -0.350 e. The highest BCUT2D eigenvalue weighted by molar-refractivity contribution is 14.1. The molecule has 0 aliphatic rings. The molecule has 1 aromatic heterocycles. The number of aromatic nitrogens is 1. The molecule has 0 aliphatic heterocycles. The number of hydrogen-bond donors (Lipinski definition) is 2. The SMILES string of the molecule is CC(=O)NC(C)c1ccc(-c2csc(NC(=O)c3cccc(I)c3)n2)cc1. The number of anilines is 1. The van der Waals surface area contributed by atoms with Gasteiger partial charge in [-0.3, -0.25) is 14.9 Å². The van der Waals surface area contributed by atoms with Crippen LogP contribution in [0.2, 0.25) is 0 Å². The molecule has 3 rings (SSSR count). The smallest absolute Gasteiger partial charge is 0.257 e. The molecule has 1 unspecified atom stereocenters. The van der Waals surface area contributed by atoms with E-state index in [0.717, 1.165) is 20.4 Å². The van der Waals surface area contributed by atoms with Crippen LogP contribution in [0.1, 0.15) is 35.8 Å². The monoisotopic (exact) mass is 491 g/mol. The maximum absolute atomic E-state index is 12.3. The summed E-state index contributed by atoms with van der Waals surface area (Å²) in [6.45, 7) is 3.45. The first-order chi connectivity index (χ1) is 12.9. The van der Waals surface area contributed by atoms with E-state index in [2.05, 4.69) is 38.2 Å². The van der Waals surface area contributed by atoms with Crippen molar-refractivity contribution in [3.63, 3.8) is 0 Å². The zero-order valence-corrected chi connectivity index (χ0v) is 17.8. The number of carbonyl (C=O) groups is 2. The number of hydrogen-bond acceptors (Lipinski definition) is 4. The third kappa shape index (κ3) is 5.14. The Morgan fingerprint density at radius 3 is 2.56 bits per heavy atom. The zero-order chi connectivity index (χ0) is 19.4. The highest BCUT2D eigenvalue weighted by Gasteiger charge is 2.11. The van der Waals surface area contributed by atoms with Gasteiger partial charge in [-0.15, -0.1) is 11.3 Å². The molecule has 1 heterocycles. The normalized spacial score (nSPS) is 11.7. The standard InChI is InChI=1S/C20H18IN3O2S/c1-12(22-13(2)25)14-6-8-15(9-7-14)18-11-27-20(23-18)24-19(26)16-4-3-5-17(21)10-16/h3-12H,1-2H3,(H,22,25)(H,23,24,26). The molecule has 3 aromatic rings. The summed E-state index contributed by atoms with van der Waals surface area (Å²) in [6.07, 6.45) is 0. The maximum atomic E-state index is 12.3. The van der Waals surface area contributed by atoms with Crippen molar-refractivity contribution in [1.29, 1.82) is 0 Å². The van der Waals surface area contributed by atoms with Crippen molar-refractivity contribution in [2.75, 3.05) is 5.32 Å². The number of amides is 2. The van der Waals surface area contributed by atoms with E-state index in [1.807, 2.05) is 54.8 Å². The molecule has 0 bridgehead atoms. The second-order valence-corrected chi connectivity index (χ2v) is 8.15. The van der Waals surface area contributed by atoms with Gasteiger partial charge < -0.3 is 5.32 Å². The average molecular weight is 491 g/mol. The molecule has 7 heteroatoms. The quantitative estimate of drug-likeness (QED) is 0.501. The van der Waals surface area contributed by atoms with Crippen molar-refractivity contribution in [3.8, 4) is 11.3 Å². The molecule has 0 saturated heterocycles. The Morgan fingerprint density at radius 1 is 1.15 bits per heavy atom. The van der Waals surface area contributed by atoms with E-state index in [-0.39, 0.29) is 17.9 Å². The van der Waals surface area contributed by atoms with Crippen LogP contribution in [0.15, 0.2) is 53.9 Å². The van der Waals surface area contributed by atoms with Crippen LogP contribution in [0.4, 0.5) is 5.13 Å². The first kappa shape index (κ1) is 19.5. The minimum absolute atomic E-state index is 0.0458. The van der Waals surface area contributed by atoms with Crippen molar-refractivity contribution in [2.45, 2.75) is 19.9 Å². The first-order valence-corrected chi connectivity index (χ1v) is 10.3. The number of nitrogens with one attached hydrogen (secondary N) is 2. The van der Waals surface area contributed by atoms with Gasteiger partial charge in [-0.2, -0.15) is 0 Å². The number of halogens is 1. The topological polar surface area (TPSA) is 71.1 Å². The largest absolute Gasteiger partial charge is 0.350 e. The van der Waals surface area contributed by atoms with Crippen LogP contribution in [0.25, 0.3) is 11.3 Å². The molecule has 2 N–H and O–H groups in total. The second-order valence-electron chi connectivity index (χ2n) is 6.05. The molecule has 1 atom stereocenters. The second kappa shape index (κ2) is 8.62. The molecule has 5 nitrogen and oxygen atoms in total. The van der Waals surface area contributed by atoms with Crippen LogP contribution in [0.3, 0.4) is 0 Å². The minimum atomic E-state index is -0.172. The highest BCUT2D eigenvalue weighted by Crippen LogP contribution is 2.26. The maximum Gasteiger partial charge on any atom is 0.257 e. The summed E-state index contributed by atoms with van der Waals surface area (Å²) >= 11 is 3.57. The Bertz CT molecular complexity index is 969. The molecule has 2 amide bonds. The van der Waals surface area contributed by atoms with E-state index >= 15 is 0 Å². The Kier molecular flexibility index (Phi) is 6.22. The van der Waals surface area contributed by atoms with Crippen LogP contribution in [0, 0.1) is 3.57 Å². The Labute approximate surface area is 175 Å². The van der Waals surface area contributed by atoms with Crippen LogP contribution in [-0.2, 0) is 4.79 Å². The van der Waals surface area contributed by atoms with Crippen molar-refractivity contribution < 1.29 is 9.59 Å². The van der Waals surface area contributed by atoms with Gasteiger partial charge in [-0.25, -0.2) is 4.98 Å². The van der Waals surface area contributed by atoms with E-state index in [1.165, 1.54) is 18.3 Å². The van der Waals surface area contributed by atoms with E-state index < -0.39 is 0 Å². The number of rotatable bonds is 5. The third-order valence-corrected chi connectivity index (χ3v) is 5.37. The Morgan fingerprint density at radius 2 is 1.89 bits per heavy atom. The zero-order valence-electron chi connectivity index (χ0n) is 14.8. The van der Waals surface area contributed by atoms with Crippen molar-refractivity contribution in [2.24, 2.45) is 0 Å². The summed E-state index contributed by atoms with van der Waals surface area (Å²) in [5, 5.41) is 8.18. The van der Waals surface area contributed by atoms with Gasteiger partial charge in [0, 0.05) is 27.0 Å². The molecule has 2 aromatic carbocycles. The molecular weight excluding hydrogens is 473 g/mol. The van der Waals surface area contributed by atoms with Crippen LogP contribution < -0.4 is 10.6 Å². The lowest BCUT2D eigenvalue weighted by Crippen LogP contribution is -2.23. The van der Waals surface area contributed by atoms with Crippen LogP contribution >= 0.6 is 33.9 Å². The van der Waals surface area contributed by atoms with E-state index in [9.17, 15) is 9.59 Å². The fourth-order valence-electron chi connectivity index (χ4n) is 2.59. The lowest BCUT2D eigenvalue weighted by molar-refractivity contribution is -0.119. The average Bonchev–Trinajstić information content (AvgIpc) is 3.09. The lowest BCUT2D eigenvalue weighted by atomic mass is 10.1. The summed E-state index contributed by atoms with van der Waals surface area (Å²) < 4.78 is 1.01. The van der Waals surface area contributed by atoms with E-state index in [4.69, 9.17) is 0 Å². The third-order valence-electron chi connectivity index (χ3n) is 3.94. The molecule has 0 fully saturated rings. The summed E-state index contributed by atoms with van der Waals surface area (Å²) in [5.41, 5.74) is 3.39. The predicted octanol–water partition coefficient (Wildman–Crippen LogP) is 4.86. The summed E-state index contributed by atoms with van der Waals surface area (Å²) in [4.78, 5) is 28.0. The van der Waals surface area contributed by atoms with E-state index in [1.54, 1.807) is 6.07 Å². The Balaban J connectivity index is 1.70. The fourth-order valence-corrected chi connectivity index (χ4v) is 3.85. The van der Waals surface area contributed by atoms with Crippen LogP contribution in [0.5, 0.6) is 0 Å². The fraction of sp³-hybridized carbons (Fsp3) is 0.150. The molecular formula is C20H18IN3O2S. The molecule has 0 saturated carbocycles. The van der Waals surface area contributed by atoms with Gasteiger partial charge in [0.05, 0.1) is 11.7 Å². The Hall–Kier alpha value is -2.26. The van der Waals surface area contributed by atoms with Gasteiger partial charge in [-0.05, 0) is 53.3 Å². The summed E-state index contributed by atoms with van der Waals surface area (Å²) in [5.74, 6) is -0.228. The molecule has 0 radical (unpaired) electrons. The van der Waals surface area contributed by atoms with Crippen molar-refractivity contribution >= 4 is 50.9 Å². The van der Waals surface area contributed by atoms with Crippen LogP contribution in [-0.4, -0.2) is 16.8 Å². The molecule has 138 valence electrons. The van der Waals surface area contributed by atoms with Gasteiger partial charge in [0.15, 0.2) is 5.13 Å². The van der Waals surface area contributed by atoms with Crippen molar-refractivity contribution in [1.82, 2.24) is 10.3 Å². The lowest BCUT2D eigenvalue weighted by Gasteiger charge is -2.13. The molecule has 0 spiro atoms. The number of benzene rings is 2. The highest BCUT2D eigenvalue weighted by atomic mass is 127. The van der Waals surface area contributed by atoms with Gasteiger partial charge in [0.2, 0.25) is 5.91 Å². The number of nitrogens with zero attached hydrogens (tertiary/aromatic N) is 1. The predicted molar refractivity (Wildman–Crippen MR) is 117 cm³/mol. The van der Waals surface area contributed by atoms with Gasteiger partial charge in [0.1, 0.15) is 0 Å². The van der Waals surface area contributed by atoms with Gasteiger partial charge >= 0.3 is 0 Å².